The van der Waals surface area contributed by atoms with Crippen molar-refractivity contribution >= 4 is 17.5 Å². The van der Waals surface area contributed by atoms with Gasteiger partial charge in [0.05, 0.1) is 6.07 Å². The van der Waals surface area contributed by atoms with Gasteiger partial charge in [-0.25, -0.2) is 0 Å². The first-order valence-electron chi connectivity index (χ1n) is 5.31. The van der Waals surface area contributed by atoms with E-state index in [2.05, 4.69) is 10.3 Å². The summed E-state index contributed by atoms with van der Waals surface area (Å²) in [5.74, 6) is -0.138. The number of amides is 1. The molecule has 1 aromatic heterocycles. The molecule has 0 spiro atoms. The smallest absolute Gasteiger partial charge is 0.270 e. The number of nitrogens with zero attached hydrogens (tertiary/aromatic N) is 2. The number of rotatable bonds is 3. The van der Waals surface area contributed by atoms with Crippen LogP contribution >= 0.6 is 11.6 Å². The van der Waals surface area contributed by atoms with Crippen molar-refractivity contribution < 1.29 is 4.79 Å². The number of nitrogens with one attached hydrogen (secondary N) is 1. The van der Waals surface area contributed by atoms with Crippen LogP contribution in [-0.4, -0.2) is 16.9 Å². The lowest BCUT2D eigenvalue weighted by Gasteiger charge is -2.10. The predicted octanol–water partition coefficient (Wildman–Crippen LogP) is 2.50. The maximum Gasteiger partial charge on any atom is 0.270 e. The molecule has 1 heterocycles. The van der Waals surface area contributed by atoms with Crippen LogP contribution in [0.25, 0.3) is 0 Å². The molecule has 0 saturated heterocycles. The normalized spacial score (nSPS) is 12.0. The highest BCUT2D eigenvalue weighted by atomic mass is 35.5. The van der Waals surface area contributed by atoms with Gasteiger partial charge in [0.15, 0.2) is 0 Å². The van der Waals surface area contributed by atoms with Gasteiger partial charge in [0.1, 0.15) is 11.7 Å². The van der Waals surface area contributed by atoms with Gasteiger partial charge in [0, 0.05) is 11.2 Å². The first-order chi connectivity index (χ1) is 7.95. The Hall–Kier alpha value is -1.60. The molecule has 0 unspecified atom stereocenters. The number of carbonyl (C=O) groups is 1. The van der Waals surface area contributed by atoms with Crippen LogP contribution in [0.4, 0.5) is 0 Å². The Kier molecular flexibility index (Phi) is 4.47. The largest absolute Gasteiger partial charge is 0.335 e. The molecule has 0 radical (unpaired) electrons. The third kappa shape index (κ3) is 3.43. The van der Waals surface area contributed by atoms with E-state index < -0.39 is 11.9 Å². The van der Waals surface area contributed by atoms with E-state index in [4.69, 9.17) is 16.9 Å². The summed E-state index contributed by atoms with van der Waals surface area (Å²) < 4.78 is 0. The second-order valence-electron chi connectivity index (χ2n) is 4.07. The van der Waals surface area contributed by atoms with Crippen LogP contribution in [0.1, 0.15) is 42.7 Å². The second-order valence-corrected chi connectivity index (χ2v) is 4.48. The zero-order valence-electron chi connectivity index (χ0n) is 9.99. The Balaban J connectivity index is 2.91. The van der Waals surface area contributed by atoms with E-state index in [1.165, 1.54) is 6.07 Å². The molecular weight excluding hydrogens is 238 g/mol. The molecule has 0 saturated carbocycles. The lowest BCUT2D eigenvalue weighted by atomic mass is 10.1. The Labute approximate surface area is 106 Å². The standard InChI is InChI=1S/C12H14ClN3O/c1-7(2)9-6-15-11(4-10(9)13)12(17)16-8(3)5-14/h4,6-8H,1-3H3,(H,16,17)/t8-/m1/s1. The van der Waals surface area contributed by atoms with Crippen LogP contribution in [0.2, 0.25) is 5.02 Å². The molecule has 1 rings (SSSR count). The quantitative estimate of drug-likeness (QED) is 0.898. The zero-order valence-corrected chi connectivity index (χ0v) is 10.7. The average Bonchev–Trinajstić information content (AvgIpc) is 2.28. The van der Waals surface area contributed by atoms with Crippen molar-refractivity contribution in [3.8, 4) is 6.07 Å². The third-order valence-corrected chi connectivity index (χ3v) is 2.61. The molecule has 90 valence electrons. The summed E-state index contributed by atoms with van der Waals surface area (Å²) in [6.07, 6.45) is 1.60. The Morgan fingerprint density at radius 2 is 2.18 bits per heavy atom. The molecule has 0 aromatic carbocycles. The average molecular weight is 252 g/mol. The molecule has 0 aliphatic rings. The monoisotopic (exact) mass is 251 g/mol. The van der Waals surface area contributed by atoms with Crippen molar-refractivity contribution in [3.63, 3.8) is 0 Å². The minimum absolute atomic E-state index is 0.224. The number of halogens is 1. The molecule has 1 atom stereocenters. The number of nitriles is 1. The molecule has 0 fully saturated rings. The third-order valence-electron chi connectivity index (χ3n) is 2.28. The molecule has 5 heteroatoms. The Bertz CT molecular complexity index is 465. The van der Waals surface area contributed by atoms with Gasteiger partial charge in [-0.3, -0.25) is 9.78 Å². The van der Waals surface area contributed by atoms with Crippen LogP contribution < -0.4 is 5.32 Å². The highest BCUT2D eigenvalue weighted by molar-refractivity contribution is 6.31. The van der Waals surface area contributed by atoms with Gasteiger partial charge in [0.2, 0.25) is 0 Å². The molecule has 1 N–H and O–H groups in total. The fourth-order valence-corrected chi connectivity index (χ4v) is 1.66. The molecule has 4 nitrogen and oxygen atoms in total. The SMILES string of the molecule is CC(C)c1cnc(C(=O)N[C@H](C)C#N)cc1Cl. The van der Waals surface area contributed by atoms with Crippen LogP contribution in [0.3, 0.4) is 0 Å². The highest BCUT2D eigenvalue weighted by Crippen LogP contribution is 2.23. The summed E-state index contributed by atoms with van der Waals surface area (Å²) >= 11 is 6.05. The maximum absolute atomic E-state index is 11.7. The number of carbonyl (C=O) groups excluding carboxylic acids is 1. The molecular formula is C12H14ClN3O. The van der Waals surface area contributed by atoms with Gasteiger partial charge in [-0.15, -0.1) is 0 Å². The topological polar surface area (TPSA) is 65.8 Å². The predicted molar refractivity (Wildman–Crippen MR) is 65.9 cm³/mol. The van der Waals surface area contributed by atoms with Crippen molar-refractivity contribution in [1.82, 2.24) is 10.3 Å². The first-order valence-corrected chi connectivity index (χ1v) is 5.69. The summed E-state index contributed by atoms with van der Waals surface area (Å²) in [5, 5.41) is 11.6. The van der Waals surface area contributed by atoms with E-state index in [9.17, 15) is 4.79 Å². The van der Waals surface area contributed by atoms with Gasteiger partial charge in [-0.05, 0) is 24.5 Å². The number of hydrogen-bond donors (Lipinski definition) is 1. The Morgan fingerprint density at radius 3 is 2.65 bits per heavy atom. The first kappa shape index (κ1) is 13.5. The summed E-state index contributed by atoms with van der Waals surface area (Å²) in [6.45, 7) is 5.60. The van der Waals surface area contributed by atoms with E-state index in [1.54, 1.807) is 13.1 Å². The van der Waals surface area contributed by atoms with Crippen LogP contribution in [-0.2, 0) is 0 Å². The van der Waals surface area contributed by atoms with Gasteiger partial charge in [0.25, 0.3) is 5.91 Å². The lowest BCUT2D eigenvalue weighted by molar-refractivity contribution is 0.0943. The van der Waals surface area contributed by atoms with Gasteiger partial charge in [-0.2, -0.15) is 5.26 Å². The zero-order chi connectivity index (χ0) is 13.0. The number of aromatic nitrogens is 1. The maximum atomic E-state index is 11.7. The van der Waals surface area contributed by atoms with Crippen LogP contribution in [0, 0.1) is 11.3 Å². The van der Waals surface area contributed by atoms with Crippen molar-refractivity contribution in [2.24, 2.45) is 0 Å². The van der Waals surface area contributed by atoms with Crippen molar-refractivity contribution in [2.75, 3.05) is 0 Å². The fourth-order valence-electron chi connectivity index (χ4n) is 1.29. The molecule has 0 bridgehead atoms. The number of pyridine rings is 1. The van der Waals surface area contributed by atoms with E-state index in [-0.39, 0.29) is 11.6 Å². The van der Waals surface area contributed by atoms with Crippen molar-refractivity contribution in [3.05, 3.63) is 28.5 Å². The van der Waals surface area contributed by atoms with Crippen LogP contribution in [0.15, 0.2) is 12.3 Å². The minimum Gasteiger partial charge on any atom is -0.335 e. The van der Waals surface area contributed by atoms with E-state index in [0.29, 0.717) is 5.02 Å². The van der Waals surface area contributed by atoms with E-state index >= 15 is 0 Å². The molecule has 0 aliphatic heterocycles. The minimum atomic E-state index is -0.548. The molecule has 0 aliphatic carbocycles. The van der Waals surface area contributed by atoms with Gasteiger partial charge >= 0.3 is 0 Å². The van der Waals surface area contributed by atoms with Crippen molar-refractivity contribution in [1.29, 1.82) is 5.26 Å². The molecule has 1 amide bonds. The van der Waals surface area contributed by atoms with Gasteiger partial charge in [-0.1, -0.05) is 25.4 Å². The molecule has 17 heavy (non-hydrogen) atoms. The van der Waals surface area contributed by atoms with Gasteiger partial charge < -0.3 is 5.32 Å². The van der Waals surface area contributed by atoms with Crippen LogP contribution in [0.5, 0.6) is 0 Å². The number of hydrogen-bond acceptors (Lipinski definition) is 3. The second kappa shape index (κ2) is 5.65. The van der Waals surface area contributed by atoms with E-state index in [0.717, 1.165) is 5.56 Å². The summed E-state index contributed by atoms with van der Waals surface area (Å²) in [4.78, 5) is 15.7. The summed E-state index contributed by atoms with van der Waals surface area (Å²) in [7, 11) is 0. The Morgan fingerprint density at radius 1 is 1.53 bits per heavy atom. The lowest BCUT2D eigenvalue weighted by Crippen LogP contribution is -2.31. The summed E-state index contributed by atoms with van der Waals surface area (Å²) in [6, 6.07) is 2.89. The van der Waals surface area contributed by atoms with E-state index in [1.807, 2.05) is 19.9 Å². The highest BCUT2D eigenvalue weighted by Gasteiger charge is 2.13. The molecule has 1 aromatic rings. The fraction of sp³-hybridized carbons (Fsp3) is 0.417. The van der Waals surface area contributed by atoms with Crippen molar-refractivity contribution in [2.45, 2.75) is 32.7 Å². The summed E-state index contributed by atoms with van der Waals surface area (Å²) in [5.41, 5.74) is 1.12.